The molecular formula is C30H37N5O3S. The molecule has 2 aromatic rings. The molecule has 0 aromatic heterocycles. The normalized spacial score (nSPS) is 22.5. The van der Waals surface area contributed by atoms with Gasteiger partial charge in [-0.15, -0.1) is 0 Å². The van der Waals surface area contributed by atoms with Gasteiger partial charge >= 0.3 is 0 Å². The topological polar surface area (TPSA) is 77.2 Å². The third kappa shape index (κ3) is 5.47. The first-order valence-corrected chi connectivity index (χ1v) is 14.6. The first-order valence-electron chi connectivity index (χ1n) is 14.2. The third-order valence-corrected chi connectivity index (χ3v) is 8.89. The molecule has 0 spiro atoms. The second kappa shape index (κ2) is 11.1. The van der Waals surface area contributed by atoms with Crippen molar-refractivity contribution in [2.24, 2.45) is 0 Å². The number of morpholine rings is 1. The maximum Gasteiger partial charge on any atom is 0.250 e. The summed E-state index contributed by atoms with van der Waals surface area (Å²) < 4.78 is 5.46. The van der Waals surface area contributed by atoms with Gasteiger partial charge in [0, 0.05) is 37.1 Å². The van der Waals surface area contributed by atoms with Gasteiger partial charge in [0.2, 0.25) is 11.8 Å². The first-order chi connectivity index (χ1) is 19.0. The molecule has 4 aliphatic rings. The Hall–Kier alpha value is -3.17. The van der Waals surface area contributed by atoms with Crippen LogP contribution in [0.25, 0.3) is 0 Å². The molecule has 4 fully saturated rings. The molecule has 2 heterocycles. The number of hydrogen-bond donors (Lipinski definition) is 2. The van der Waals surface area contributed by atoms with Crippen LogP contribution in [0.4, 0.5) is 11.4 Å². The number of thiocarbonyl (C=S) groups is 1. The summed E-state index contributed by atoms with van der Waals surface area (Å²) in [6.07, 6.45) is 5.18. The van der Waals surface area contributed by atoms with E-state index in [2.05, 4.69) is 39.8 Å². The molecule has 206 valence electrons. The van der Waals surface area contributed by atoms with E-state index in [9.17, 15) is 9.59 Å². The van der Waals surface area contributed by atoms with E-state index in [-0.39, 0.29) is 30.4 Å². The van der Waals surface area contributed by atoms with Gasteiger partial charge in [-0.25, -0.2) is 0 Å². The highest BCUT2D eigenvalue weighted by molar-refractivity contribution is 7.80. The standard InChI is InChI=1S/C30H37N5O3S/c36-27(21-34-20-26(32-29(34)39)22-6-2-1-3-7-22)35(25-12-13-25)30(14-4-5-15-30)28(37)31-23-8-10-24(11-9-23)33-16-18-38-19-17-33/h1-3,6-11,25-26H,4-5,12-21H2,(H,31,37)(H,32,39)/t26-/m0/s1. The van der Waals surface area contributed by atoms with Crippen LogP contribution in [0.2, 0.25) is 0 Å². The van der Waals surface area contributed by atoms with Crippen molar-refractivity contribution in [1.82, 2.24) is 15.1 Å². The van der Waals surface area contributed by atoms with Crippen molar-refractivity contribution in [3.63, 3.8) is 0 Å². The molecule has 0 unspecified atom stereocenters. The Bertz CT molecular complexity index is 1190. The number of carbonyl (C=O) groups is 2. The molecule has 2 N–H and O–H groups in total. The lowest BCUT2D eigenvalue weighted by Crippen LogP contribution is -2.60. The lowest BCUT2D eigenvalue weighted by atomic mass is 9.92. The number of carbonyl (C=O) groups excluding carboxylic acids is 2. The van der Waals surface area contributed by atoms with E-state index in [1.54, 1.807) is 0 Å². The number of nitrogens with one attached hydrogen (secondary N) is 2. The molecule has 9 heteroatoms. The molecule has 1 atom stereocenters. The van der Waals surface area contributed by atoms with Crippen molar-refractivity contribution in [1.29, 1.82) is 0 Å². The third-order valence-electron chi connectivity index (χ3n) is 8.51. The largest absolute Gasteiger partial charge is 0.378 e. The fourth-order valence-corrected chi connectivity index (χ4v) is 6.61. The zero-order chi connectivity index (χ0) is 26.8. The van der Waals surface area contributed by atoms with Crippen LogP contribution in [-0.2, 0) is 14.3 Å². The highest BCUT2D eigenvalue weighted by Gasteiger charge is 2.53. The highest BCUT2D eigenvalue weighted by Crippen LogP contribution is 2.43. The number of ether oxygens (including phenoxy) is 1. The minimum absolute atomic E-state index is 0.00456. The molecule has 2 aliphatic heterocycles. The summed E-state index contributed by atoms with van der Waals surface area (Å²) in [7, 11) is 0. The minimum atomic E-state index is -0.811. The van der Waals surface area contributed by atoms with Crippen molar-refractivity contribution in [2.75, 3.05) is 49.6 Å². The Kier molecular flexibility index (Phi) is 7.44. The van der Waals surface area contributed by atoms with E-state index < -0.39 is 5.54 Å². The zero-order valence-electron chi connectivity index (χ0n) is 22.3. The zero-order valence-corrected chi connectivity index (χ0v) is 23.1. The predicted molar refractivity (Wildman–Crippen MR) is 156 cm³/mol. The molecule has 8 nitrogen and oxygen atoms in total. The highest BCUT2D eigenvalue weighted by atomic mass is 32.1. The van der Waals surface area contributed by atoms with Gasteiger partial charge in [-0.05, 0) is 67.7 Å². The second-order valence-electron chi connectivity index (χ2n) is 11.1. The molecule has 2 amide bonds. The number of benzene rings is 2. The van der Waals surface area contributed by atoms with E-state index in [0.29, 0.717) is 24.5 Å². The molecule has 0 radical (unpaired) electrons. The Labute approximate surface area is 235 Å². The maximum atomic E-state index is 14.0. The van der Waals surface area contributed by atoms with Crippen LogP contribution in [0, 0.1) is 0 Å². The van der Waals surface area contributed by atoms with E-state index in [0.717, 1.165) is 68.9 Å². The van der Waals surface area contributed by atoms with Gasteiger partial charge in [-0.2, -0.15) is 0 Å². The number of amides is 2. The van der Waals surface area contributed by atoms with Crippen LogP contribution in [0.1, 0.15) is 50.1 Å². The lowest BCUT2D eigenvalue weighted by molar-refractivity contribution is -0.146. The minimum Gasteiger partial charge on any atom is -0.378 e. The van der Waals surface area contributed by atoms with Crippen molar-refractivity contribution in [2.45, 2.75) is 56.1 Å². The second-order valence-corrected chi connectivity index (χ2v) is 11.5. The van der Waals surface area contributed by atoms with Gasteiger partial charge in [-0.1, -0.05) is 43.2 Å². The Morgan fingerprint density at radius 1 is 1.03 bits per heavy atom. The quantitative estimate of drug-likeness (QED) is 0.488. The molecule has 2 aliphatic carbocycles. The van der Waals surface area contributed by atoms with Crippen LogP contribution in [0.3, 0.4) is 0 Å². The van der Waals surface area contributed by atoms with Gasteiger partial charge in [-0.3, -0.25) is 9.59 Å². The summed E-state index contributed by atoms with van der Waals surface area (Å²) in [6.45, 7) is 4.04. The van der Waals surface area contributed by atoms with Crippen molar-refractivity contribution in [3.05, 3.63) is 60.2 Å². The van der Waals surface area contributed by atoms with Crippen molar-refractivity contribution in [3.8, 4) is 0 Å². The van der Waals surface area contributed by atoms with Gasteiger partial charge < -0.3 is 30.1 Å². The molecule has 2 saturated carbocycles. The number of rotatable bonds is 8. The molecular weight excluding hydrogens is 510 g/mol. The van der Waals surface area contributed by atoms with Crippen LogP contribution >= 0.6 is 12.2 Å². The first kappa shape index (κ1) is 26.1. The average molecular weight is 548 g/mol. The number of nitrogens with zero attached hydrogens (tertiary/aromatic N) is 3. The van der Waals surface area contributed by atoms with Crippen LogP contribution in [0.5, 0.6) is 0 Å². The van der Waals surface area contributed by atoms with Gasteiger partial charge in [0.1, 0.15) is 5.54 Å². The van der Waals surface area contributed by atoms with Crippen molar-refractivity contribution < 1.29 is 14.3 Å². The van der Waals surface area contributed by atoms with Crippen LogP contribution in [-0.4, -0.2) is 77.7 Å². The molecule has 0 bridgehead atoms. The van der Waals surface area contributed by atoms with Crippen molar-refractivity contribution >= 4 is 40.5 Å². The SMILES string of the molecule is O=C(CN1C[C@@H](c2ccccc2)NC1=S)N(C1CC1)C1(C(=O)Nc2ccc(N3CCOCC3)cc2)CCCC1. The van der Waals surface area contributed by atoms with E-state index >= 15 is 0 Å². The molecule has 2 aromatic carbocycles. The van der Waals surface area contributed by atoms with Crippen LogP contribution in [0.15, 0.2) is 54.6 Å². The average Bonchev–Trinajstić information content (AvgIpc) is 3.54. The lowest BCUT2D eigenvalue weighted by Gasteiger charge is -2.41. The molecule has 39 heavy (non-hydrogen) atoms. The Morgan fingerprint density at radius 3 is 2.38 bits per heavy atom. The van der Waals surface area contributed by atoms with E-state index in [1.165, 1.54) is 0 Å². The Morgan fingerprint density at radius 2 is 1.72 bits per heavy atom. The summed E-state index contributed by atoms with van der Waals surface area (Å²) in [5, 5.41) is 7.14. The van der Waals surface area contributed by atoms with Gasteiger partial charge in [0.05, 0.1) is 25.8 Å². The number of hydrogen-bond acceptors (Lipinski definition) is 5. The Balaban J connectivity index is 1.16. The fraction of sp³-hybridized carbons (Fsp3) is 0.500. The summed E-state index contributed by atoms with van der Waals surface area (Å²) >= 11 is 5.62. The summed E-state index contributed by atoms with van der Waals surface area (Å²) in [5.74, 6) is -0.0706. The predicted octanol–water partition coefficient (Wildman–Crippen LogP) is 3.70. The molecule has 6 rings (SSSR count). The molecule has 2 saturated heterocycles. The number of anilines is 2. The maximum absolute atomic E-state index is 14.0. The van der Waals surface area contributed by atoms with E-state index in [4.69, 9.17) is 17.0 Å². The van der Waals surface area contributed by atoms with Crippen LogP contribution < -0.4 is 15.5 Å². The summed E-state index contributed by atoms with van der Waals surface area (Å²) in [5.41, 5.74) is 2.24. The summed E-state index contributed by atoms with van der Waals surface area (Å²) in [6, 6.07) is 18.4. The fourth-order valence-electron chi connectivity index (χ4n) is 6.33. The van der Waals surface area contributed by atoms with Gasteiger partial charge in [0.15, 0.2) is 5.11 Å². The van der Waals surface area contributed by atoms with Gasteiger partial charge in [0.25, 0.3) is 0 Å². The van der Waals surface area contributed by atoms with E-state index in [1.807, 2.05) is 40.1 Å². The summed E-state index contributed by atoms with van der Waals surface area (Å²) in [4.78, 5) is 34.1. The monoisotopic (exact) mass is 547 g/mol. The smallest absolute Gasteiger partial charge is 0.250 e.